The van der Waals surface area contributed by atoms with E-state index >= 15 is 0 Å². The van der Waals surface area contributed by atoms with Crippen LogP contribution in [0.2, 0.25) is 0 Å². The minimum Gasteiger partial charge on any atom is -0.508 e. The van der Waals surface area contributed by atoms with Gasteiger partial charge in [0.25, 0.3) is 0 Å². The molecular formula is C34H40FIN6O2. The Kier molecular flexibility index (Phi) is 6.68. The molecule has 232 valence electrons. The molecule has 0 radical (unpaired) electrons. The number of hydrogen-bond donors (Lipinski definition) is 2. The molecule has 1 aliphatic carbocycles. The van der Waals surface area contributed by atoms with Gasteiger partial charge in [-0.05, 0) is 84.6 Å². The van der Waals surface area contributed by atoms with E-state index in [2.05, 4.69) is 54.7 Å². The van der Waals surface area contributed by atoms with Crippen molar-refractivity contribution in [3.63, 3.8) is 0 Å². The molecule has 2 aromatic carbocycles. The van der Waals surface area contributed by atoms with Gasteiger partial charge in [0.15, 0.2) is 0 Å². The number of aromatic hydroxyl groups is 1. The van der Waals surface area contributed by atoms with Gasteiger partial charge in [0.1, 0.15) is 24.3 Å². The first kappa shape index (κ1) is 27.8. The number of nitrogens with zero attached hydrogens (tertiary/aromatic N) is 5. The van der Waals surface area contributed by atoms with Crippen LogP contribution in [-0.2, 0) is 13.0 Å². The van der Waals surface area contributed by atoms with Gasteiger partial charge in [0.05, 0.1) is 17.8 Å². The van der Waals surface area contributed by atoms with Crippen LogP contribution in [-0.4, -0.2) is 82.6 Å². The summed E-state index contributed by atoms with van der Waals surface area (Å²) in [5, 5.41) is 16.6. The lowest BCUT2D eigenvalue weighted by atomic mass is 9.89. The zero-order valence-electron chi connectivity index (χ0n) is 25.0. The fourth-order valence-electron chi connectivity index (χ4n) is 9.73. The summed E-state index contributed by atoms with van der Waals surface area (Å²) in [5.74, 6) is 1.96. The number of alkyl halides is 1. The minimum atomic E-state index is -0.787. The second-order valence-electron chi connectivity index (χ2n) is 14.2. The van der Waals surface area contributed by atoms with Crippen LogP contribution in [0.5, 0.6) is 11.8 Å². The van der Waals surface area contributed by atoms with Crippen LogP contribution in [0.1, 0.15) is 56.2 Å². The summed E-state index contributed by atoms with van der Waals surface area (Å²) >= 11 is 2.40. The molecule has 2 unspecified atom stereocenters. The monoisotopic (exact) mass is 710 g/mol. The number of aromatic nitrogens is 2. The largest absolute Gasteiger partial charge is 0.508 e. The van der Waals surface area contributed by atoms with E-state index in [-0.39, 0.29) is 11.3 Å². The molecule has 44 heavy (non-hydrogen) atoms. The minimum absolute atomic E-state index is 0.244. The van der Waals surface area contributed by atoms with E-state index in [1.807, 2.05) is 18.2 Å². The standard InChI is InChI=1S/C34H40FIN6O2/c35-22-14-34(13-21-4-2-6-29(21)42(34)15-22)19-44-33-38-28-18-40(30-12-25(43)11-20-3-1-5-27(36)31(20)30)10-9-26(28)32(39-33)41-16-23-7-8-24(17-41)37-23/h1,3,5,11-12,21-24,29,37,43H,2,4,6-10,13-19H2/t21-,22-,23?,24?,29-,34-/m0/s1. The van der Waals surface area contributed by atoms with Crippen LogP contribution < -0.4 is 19.9 Å². The number of anilines is 2. The Balaban J connectivity index is 1.07. The zero-order valence-corrected chi connectivity index (χ0v) is 27.2. The van der Waals surface area contributed by atoms with Crippen molar-refractivity contribution < 1.29 is 14.2 Å². The molecule has 4 saturated heterocycles. The first-order chi connectivity index (χ1) is 21.4. The van der Waals surface area contributed by atoms with Crippen molar-refractivity contribution >= 4 is 44.9 Å². The summed E-state index contributed by atoms with van der Waals surface area (Å²) in [6.45, 7) is 4.33. The normalized spacial score (nSPS) is 32.7. The van der Waals surface area contributed by atoms with Gasteiger partial charge in [-0.1, -0.05) is 18.6 Å². The number of rotatable bonds is 5. The smallest absolute Gasteiger partial charge is 0.318 e. The molecule has 6 atom stereocenters. The van der Waals surface area contributed by atoms with Gasteiger partial charge in [-0.25, -0.2) is 4.39 Å². The van der Waals surface area contributed by atoms with Crippen molar-refractivity contribution in [2.24, 2.45) is 5.92 Å². The number of phenolic OH excluding ortho intramolecular Hbond substituents is 1. The Labute approximate surface area is 271 Å². The molecule has 8 nitrogen and oxygen atoms in total. The number of halogens is 2. The molecule has 5 aliphatic heterocycles. The van der Waals surface area contributed by atoms with Crippen molar-refractivity contribution in [3.05, 3.63) is 45.2 Å². The van der Waals surface area contributed by atoms with E-state index in [0.29, 0.717) is 56.2 Å². The Morgan fingerprint density at radius 2 is 1.91 bits per heavy atom. The van der Waals surface area contributed by atoms with Gasteiger partial charge >= 0.3 is 6.01 Å². The Morgan fingerprint density at radius 3 is 2.77 bits per heavy atom. The predicted octanol–water partition coefficient (Wildman–Crippen LogP) is 5.18. The molecule has 1 saturated carbocycles. The molecule has 3 aromatic rings. The maximum atomic E-state index is 14.9. The van der Waals surface area contributed by atoms with Crippen molar-refractivity contribution in [2.75, 3.05) is 42.6 Å². The quantitative estimate of drug-likeness (QED) is 0.352. The molecule has 2 N–H and O–H groups in total. The van der Waals surface area contributed by atoms with Gasteiger partial charge in [-0.15, -0.1) is 0 Å². The molecule has 1 aromatic heterocycles. The highest BCUT2D eigenvalue weighted by Crippen LogP contribution is 2.52. The van der Waals surface area contributed by atoms with Gasteiger partial charge in [0.2, 0.25) is 0 Å². The number of phenols is 1. The van der Waals surface area contributed by atoms with Gasteiger partial charge < -0.3 is 25.0 Å². The van der Waals surface area contributed by atoms with Gasteiger partial charge in [0, 0.05) is 77.0 Å². The number of piperazine rings is 1. The molecule has 9 rings (SSSR count). The van der Waals surface area contributed by atoms with Crippen molar-refractivity contribution in [3.8, 4) is 11.8 Å². The fourth-order valence-corrected chi connectivity index (χ4v) is 10.5. The van der Waals surface area contributed by atoms with Crippen LogP contribution in [0.15, 0.2) is 30.3 Å². The van der Waals surface area contributed by atoms with Crippen LogP contribution in [0, 0.1) is 9.49 Å². The Hall–Kier alpha value is -2.44. The lowest BCUT2D eigenvalue weighted by molar-refractivity contribution is 0.0829. The van der Waals surface area contributed by atoms with Crippen LogP contribution in [0.25, 0.3) is 10.8 Å². The van der Waals surface area contributed by atoms with Crippen molar-refractivity contribution in [1.29, 1.82) is 0 Å². The number of nitrogens with one attached hydrogen (secondary N) is 1. The van der Waals surface area contributed by atoms with Gasteiger partial charge in [-0.3, -0.25) is 4.90 Å². The average molecular weight is 711 g/mol. The van der Waals surface area contributed by atoms with E-state index < -0.39 is 6.17 Å². The first-order valence-electron chi connectivity index (χ1n) is 16.5. The van der Waals surface area contributed by atoms with E-state index in [1.165, 1.54) is 37.7 Å². The molecule has 10 heteroatoms. The molecule has 6 aliphatic rings. The lowest BCUT2D eigenvalue weighted by Crippen LogP contribution is -2.52. The maximum absolute atomic E-state index is 14.9. The zero-order chi connectivity index (χ0) is 29.6. The Bertz CT molecular complexity index is 1610. The second kappa shape index (κ2) is 10.6. The van der Waals surface area contributed by atoms with Crippen LogP contribution in [0.3, 0.4) is 0 Å². The predicted molar refractivity (Wildman–Crippen MR) is 177 cm³/mol. The second-order valence-corrected chi connectivity index (χ2v) is 15.4. The van der Waals surface area contributed by atoms with Crippen molar-refractivity contribution in [2.45, 2.75) is 87.7 Å². The summed E-state index contributed by atoms with van der Waals surface area (Å²) in [7, 11) is 0. The number of benzene rings is 2. The average Bonchev–Trinajstić information content (AvgIpc) is 3.75. The third-order valence-corrected chi connectivity index (χ3v) is 12.4. The van der Waals surface area contributed by atoms with E-state index in [4.69, 9.17) is 14.7 Å². The highest BCUT2D eigenvalue weighted by atomic mass is 127. The van der Waals surface area contributed by atoms with Crippen LogP contribution in [0.4, 0.5) is 15.9 Å². The van der Waals surface area contributed by atoms with Crippen molar-refractivity contribution in [1.82, 2.24) is 20.2 Å². The molecule has 5 fully saturated rings. The first-order valence-corrected chi connectivity index (χ1v) is 17.6. The molecular weight excluding hydrogens is 670 g/mol. The van der Waals surface area contributed by atoms with E-state index in [0.717, 1.165) is 64.0 Å². The summed E-state index contributed by atoms with van der Waals surface area (Å²) in [5.41, 5.74) is 3.00. The summed E-state index contributed by atoms with van der Waals surface area (Å²) in [4.78, 5) is 17.5. The molecule has 2 bridgehead atoms. The highest BCUT2D eigenvalue weighted by molar-refractivity contribution is 14.1. The molecule has 0 spiro atoms. The van der Waals surface area contributed by atoms with E-state index in [1.54, 1.807) is 0 Å². The summed E-state index contributed by atoms with van der Waals surface area (Å²) in [6.07, 6.45) is 7.73. The summed E-state index contributed by atoms with van der Waals surface area (Å²) in [6, 6.07) is 11.9. The van der Waals surface area contributed by atoms with Crippen LogP contribution >= 0.6 is 22.6 Å². The molecule has 0 amide bonds. The summed E-state index contributed by atoms with van der Waals surface area (Å²) < 4.78 is 22.6. The molecule has 6 heterocycles. The van der Waals surface area contributed by atoms with E-state index in [9.17, 15) is 9.50 Å². The van der Waals surface area contributed by atoms with Gasteiger partial charge in [-0.2, -0.15) is 9.97 Å². The lowest BCUT2D eigenvalue weighted by Gasteiger charge is -2.38. The Morgan fingerprint density at radius 1 is 1.05 bits per heavy atom. The SMILES string of the molecule is Oc1cc(N2CCc3c(nc(OC[C@]45C[C@H](F)CN4[C@H]4CCC[C@H]4C5)nc3N3CC4CCC(C3)N4)C2)c2c(I)cccc2c1. The third kappa shape index (κ3) is 4.56. The number of fused-ring (bicyclic) bond motifs is 7. The number of hydrogen-bond acceptors (Lipinski definition) is 8. The third-order valence-electron chi connectivity index (χ3n) is 11.5. The topological polar surface area (TPSA) is 77.0 Å². The fraction of sp³-hybridized carbons (Fsp3) is 0.588. The maximum Gasteiger partial charge on any atom is 0.318 e. The highest BCUT2D eigenvalue weighted by Gasteiger charge is 2.58. The number of ether oxygens (including phenoxy) is 1.